The zero-order chi connectivity index (χ0) is 12.8. The minimum absolute atomic E-state index is 0.0356. The van der Waals surface area contributed by atoms with Gasteiger partial charge in [-0.2, -0.15) is 0 Å². The van der Waals surface area contributed by atoms with Gasteiger partial charge in [0.15, 0.2) is 0 Å². The number of carbonyl (C=O) groups excluding carboxylic acids is 1. The van der Waals surface area contributed by atoms with E-state index in [0.29, 0.717) is 22.2 Å². The van der Waals surface area contributed by atoms with Crippen molar-refractivity contribution in [2.24, 2.45) is 5.92 Å². The van der Waals surface area contributed by atoms with Crippen molar-refractivity contribution in [1.82, 2.24) is 5.32 Å². The number of hydrogen-bond donors (Lipinski definition) is 1. The minimum Gasteiger partial charge on any atom is -0.496 e. The van der Waals surface area contributed by atoms with Crippen LogP contribution >= 0.6 is 27.3 Å². The van der Waals surface area contributed by atoms with Crippen LogP contribution in [0.15, 0.2) is 11.4 Å². The van der Waals surface area contributed by atoms with Crippen molar-refractivity contribution < 1.29 is 9.53 Å². The number of amides is 1. The highest BCUT2D eigenvalue weighted by Gasteiger charge is 2.12. The van der Waals surface area contributed by atoms with Gasteiger partial charge in [0.2, 0.25) is 0 Å². The van der Waals surface area contributed by atoms with Crippen LogP contribution in [0, 0.1) is 5.92 Å². The van der Waals surface area contributed by atoms with Gasteiger partial charge in [-0.1, -0.05) is 29.8 Å². The highest BCUT2D eigenvalue weighted by molar-refractivity contribution is 9.09. The van der Waals surface area contributed by atoms with Crippen molar-refractivity contribution in [2.75, 3.05) is 13.7 Å². The first kappa shape index (κ1) is 14.5. The van der Waals surface area contributed by atoms with E-state index in [4.69, 9.17) is 4.74 Å². The van der Waals surface area contributed by atoms with Gasteiger partial charge in [0.25, 0.3) is 5.91 Å². The van der Waals surface area contributed by atoms with Crippen molar-refractivity contribution in [2.45, 2.75) is 25.1 Å². The number of carbonyl (C=O) groups is 1. The second-order valence-corrected chi connectivity index (χ2v) is 6.49. The van der Waals surface area contributed by atoms with Crippen LogP contribution in [-0.4, -0.2) is 24.4 Å². The molecule has 1 amide bonds. The number of alkyl halides is 1. The summed E-state index contributed by atoms with van der Waals surface area (Å²) in [7, 11) is 1.60. The van der Waals surface area contributed by atoms with Gasteiger partial charge < -0.3 is 10.1 Å². The van der Waals surface area contributed by atoms with E-state index in [0.717, 1.165) is 12.2 Å². The first-order valence-corrected chi connectivity index (χ1v) is 7.37. The Morgan fingerprint density at radius 2 is 2.29 bits per heavy atom. The molecule has 0 saturated heterocycles. The van der Waals surface area contributed by atoms with Crippen LogP contribution in [-0.2, 0) is 0 Å². The lowest BCUT2D eigenvalue weighted by Crippen LogP contribution is -2.29. The van der Waals surface area contributed by atoms with Crippen LogP contribution in [0.2, 0.25) is 0 Å². The van der Waals surface area contributed by atoms with Crippen LogP contribution < -0.4 is 10.1 Å². The molecule has 3 nitrogen and oxygen atoms in total. The van der Waals surface area contributed by atoms with Gasteiger partial charge in [-0.15, -0.1) is 11.3 Å². The van der Waals surface area contributed by atoms with Gasteiger partial charge in [-0.3, -0.25) is 4.79 Å². The van der Waals surface area contributed by atoms with Crippen LogP contribution in [0.4, 0.5) is 0 Å². The van der Waals surface area contributed by atoms with Crippen molar-refractivity contribution >= 4 is 33.2 Å². The van der Waals surface area contributed by atoms with E-state index < -0.39 is 0 Å². The molecule has 1 N–H and O–H groups in total. The molecule has 17 heavy (non-hydrogen) atoms. The Balaban J connectivity index is 2.39. The number of nitrogens with one attached hydrogen (secondary N) is 1. The molecule has 0 fully saturated rings. The van der Waals surface area contributed by atoms with E-state index in [1.54, 1.807) is 13.2 Å². The molecule has 0 aromatic carbocycles. The third-order valence-electron chi connectivity index (χ3n) is 2.25. The maximum atomic E-state index is 11.8. The molecule has 1 aromatic heterocycles. The molecule has 0 aliphatic carbocycles. The summed E-state index contributed by atoms with van der Waals surface area (Å²) in [5, 5.41) is 4.74. The van der Waals surface area contributed by atoms with E-state index in [1.165, 1.54) is 11.3 Å². The van der Waals surface area contributed by atoms with Crippen molar-refractivity contribution in [3.63, 3.8) is 0 Å². The Kier molecular flexibility index (Phi) is 5.98. The van der Waals surface area contributed by atoms with Gasteiger partial charge in [0.1, 0.15) is 5.75 Å². The lowest BCUT2D eigenvalue weighted by molar-refractivity contribution is 0.0957. The zero-order valence-corrected chi connectivity index (χ0v) is 12.7. The maximum absolute atomic E-state index is 11.8. The van der Waals surface area contributed by atoms with Crippen molar-refractivity contribution in [3.8, 4) is 5.75 Å². The molecule has 1 unspecified atom stereocenters. The molecule has 0 radical (unpaired) electrons. The van der Waals surface area contributed by atoms with Crippen molar-refractivity contribution in [1.29, 1.82) is 0 Å². The van der Waals surface area contributed by atoms with Crippen LogP contribution in [0.25, 0.3) is 0 Å². The number of thiophene rings is 1. The molecule has 0 bridgehead atoms. The smallest absolute Gasteiger partial charge is 0.261 e. The predicted octanol–water partition coefficient (Wildman–Crippen LogP) is 3.30. The standard InChI is InChI=1S/C12H18BrNO2S/c1-8(2)4-9(13)6-14-12(15)11-5-10(16-3)7-17-11/h5,7-9H,4,6H2,1-3H3,(H,14,15). The lowest BCUT2D eigenvalue weighted by atomic mass is 10.1. The Labute approximate surface area is 115 Å². The van der Waals surface area contributed by atoms with Gasteiger partial charge in [0, 0.05) is 22.8 Å². The molecule has 1 atom stereocenters. The van der Waals surface area contributed by atoms with E-state index in [9.17, 15) is 4.79 Å². The monoisotopic (exact) mass is 319 g/mol. The summed E-state index contributed by atoms with van der Waals surface area (Å²) in [5.41, 5.74) is 0. The minimum atomic E-state index is -0.0356. The number of ether oxygens (including phenoxy) is 1. The molecule has 0 aliphatic heterocycles. The molecule has 1 heterocycles. The van der Waals surface area contributed by atoms with E-state index in [1.807, 2.05) is 5.38 Å². The fraction of sp³-hybridized carbons (Fsp3) is 0.583. The summed E-state index contributed by atoms with van der Waals surface area (Å²) in [4.78, 5) is 12.8. The van der Waals surface area contributed by atoms with Crippen molar-refractivity contribution in [3.05, 3.63) is 16.3 Å². The highest BCUT2D eigenvalue weighted by Crippen LogP contribution is 2.21. The zero-order valence-electron chi connectivity index (χ0n) is 10.3. The second-order valence-electron chi connectivity index (χ2n) is 4.29. The first-order chi connectivity index (χ1) is 8.02. The Morgan fingerprint density at radius 3 is 2.82 bits per heavy atom. The Hall–Kier alpha value is -0.550. The van der Waals surface area contributed by atoms with Gasteiger partial charge in [-0.05, 0) is 12.3 Å². The Morgan fingerprint density at radius 1 is 1.59 bits per heavy atom. The van der Waals surface area contributed by atoms with Gasteiger partial charge in [0.05, 0.1) is 12.0 Å². The van der Waals surface area contributed by atoms with Crippen LogP contribution in [0.3, 0.4) is 0 Å². The summed E-state index contributed by atoms with van der Waals surface area (Å²) in [6.45, 7) is 4.98. The molecular weight excluding hydrogens is 302 g/mol. The van der Waals surface area contributed by atoms with Crippen LogP contribution in [0.5, 0.6) is 5.75 Å². The molecule has 96 valence electrons. The number of hydrogen-bond acceptors (Lipinski definition) is 3. The molecule has 1 aromatic rings. The first-order valence-electron chi connectivity index (χ1n) is 5.57. The van der Waals surface area contributed by atoms with E-state index in [-0.39, 0.29) is 5.91 Å². The highest BCUT2D eigenvalue weighted by atomic mass is 79.9. The molecular formula is C12H18BrNO2S. The van der Waals surface area contributed by atoms with E-state index in [2.05, 4.69) is 35.1 Å². The topological polar surface area (TPSA) is 38.3 Å². The summed E-state index contributed by atoms with van der Waals surface area (Å²) < 4.78 is 5.04. The molecule has 0 saturated carbocycles. The largest absolute Gasteiger partial charge is 0.496 e. The van der Waals surface area contributed by atoms with E-state index >= 15 is 0 Å². The quantitative estimate of drug-likeness (QED) is 0.817. The lowest BCUT2D eigenvalue weighted by Gasteiger charge is -2.12. The third kappa shape index (κ3) is 5.08. The average molecular weight is 320 g/mol. The molecule has 1 rings (SSSR count). The maximum Gasteiger partial charge on any atom is 0.261 e. The second kappa shape index (κ2) is 7.01. The van der Waals surface area contributed by atoms with Gasteiger partial charge in [-0.25, -0.2) is 0 Å². The van der Waals surface area contributed by atoms with Crippen LogP contribution in [0.1, 0.15) is 29.9 Å². The molecule has 0 aliphatic rings. The summed E-state index contributed by atoms with van der Waals surface area (Å²) in [5.74, 6) is 1.32. The predicted molar refractivity (Wildman–Crippen MR) is 75.4 cm³/mol. The fourth-order valence-corrected chi connectivity index (χ4v) is 3.11. The summed E-state index contributed by atoms with van der Waals surface area (Å²) in [6.07, 6.45) is 1.05. The number of rotatable bonds is 6. The summed E-state index contributed by atoms with van der Waals surface area (Å²) >= 11 is 4.96. The summed E-state index contributed by atoms with van der Waals surface area (Å²) in [6, 6.07) is 1.76. The van der Waals surface area contributed by atoms with Gasteiger partial charge >= 0.3 is 0 Å². The molecule has 5 heteroatoms. The normalized spacial score (nSPS) is 12.5. The molecule has 0 spiro atoms. The fourth-order valence-electron chi connectivity index (χ4n) is 1.43. The third-order valence-corrected chi connectivity index (χ3v) is 3.85. The number of methoxy groups -OCH3 is 1. The number of halogens is 1. The average Bonchev–Trinajstić information content (AvgIpc) is 2.73. The Bertz CT molecular complexity index is 365. The SMILES string of the molecule is COc1csc(C(=O)NCC(Br)CC(C)C)c1.